The van der Waals surface area contributed by atoms with Crippen molar-refractivity contribution in [3.05, 3.63) is 60.0 Å². The lowest BCUT2D eigenvalue weighted by Crippen LogP contribution is -2.30. The summed E-state index contributed by atoms with van der Waals surface area (Å²) >= 11 is 0. The van der Waals surface area contributed by atoms with E-state index in [1.807, 2.05) is 30.6 Å². The Labute approximate surface area is 136 Å². The summed E-state index contributed by atoms with van der Waals surface area (Å²) in [6.07, 6.45) is 6.43. The molecule has 0 radical (unpaired) electrons. The predicted octanol–water partition coefficient (Wildman–Crippen LogP) is 3.64. The summed E-state index contributed by atoms with van der Waals surface area (Å²) in [5.41, 5.74) is 9.79. The van der Waals surface area contributed by atoms with Crippen LogP contribution in [0, 0.1) is 0 Å². The zero-order valence-electron chi connectivity index (χ0n) is 13.6. The number of pyridine rings is 1. The van der Waals surface area contributed by atoms with Crippen LogP contribution in [0.2, 0.25) is 0 Å². The maximum absolute atomic E-state index is 6.24. The molecule has 0 aliphatic heterocycles. The van der Waals surface area contributed by atoms with Gasteiger partial charge in [-0.05, 0) is 35.6 Å². The molecule has 0 bridgehead atoms. The van der Waals surface area contributed by atoms with Crippen LogP contribution < -0.4 is 10.5 Å². The van der Waals surface area contributed by atoms with Crippen molar-refractivity contribution in [1.29, 1.82) is 0 Å². The highest BCUT2D eigenvalue weighted by molar-refractivity contribution is 5.83. The molecule has 23 heavy (non-hydrogen) atoms. The molecule has 2 aromatic heterocycles. The van der Waals surface area contributed by atoms with Crippen LogP contribution in [0.4, 0.5) is 0 Å². The van der Waals surface area contributed by atoms with Crippen LogP contribution in [0.5, 0.6) is 5.75 Å². The van der Waals surface area contributed by atoms with Crippen LogP contribution in [0.25, 0.3) is 10.9 Å². The van der Waals surface area contributed by atoms with Gasteiger partial charge >= 0.3 is 0 Å². The minimum atomic E-state index is -0.0584. The first kappa shape index (κ1) is 15.6. The minimum Gasteiger partial charge on any atom is -0.490 e. The van der Waals surface area contributed by atoms with Gasteiger partial charge in [-0.3, -0.25) is 4.98 Å². The number of H-pyrrole nitrogens is 1. The van der Waals surface area contributed by atoms with E-state index >= 15 is 0 Å². The average Bonchev–Trinajstić information content (AvgIpc) is 2.96. The molecule has 4 nitrogen and oxygen atoms in total. The van der Waals surface area contributed by atoms with E-state index in [4.69, 9.17) is 10.5 Å². The molecule has 0 aliphatic rings. The average molecular weight is 309 g/mol. The van der Waals surface area contributed by atoms with Gasteiger partial charge in [-0.15, -0.1) is 0 Å². The van der Waals surface area contributed by atoms with Gasteiger partial charge < -0.3 is 15.5 Å². The zero-order valence-corrected chi connectivity index (χ0v) is 13.6. The quantitative estimate of drug-likeness (QED) is 0.730. The van der Waals surface area contributed by atoms with Gasteiger partial charge in [0.2, 0.25) is 0 Å². The number of para-hydroxylation sites is 1. The number of hydrogen-bond acceptors (Lipinski definition) is 3. The number of fused-ring (bicyclic) bond motifs is 1. The molecule has 3 rings (SSSR count). The first-order valence-electron chi connectivity index (χ1n) is 8.02. The SMILES string of the molecule is CC(C)c1cncc(OC[C@@H](N)Cc2c[nH]c3ccccc23)c1. The Kier molecular flexibility index (Phi) is 4.63. The molecule has 0 aliphatic carbocycles. The third-order valence-corrected chi connectivity index (χ3v) is 4.02. The Morgan fingerprint density at radius 2 is 2.04 bits per heavy atom. The Morgan fingerprint density at radius 1 is 1.22 bits per heavy atom. The van der Waals surface area contributed by atoms with Crippen molar-refractivity contribution < 1.29 is 4.74 Å². The first-order chi connectivity index (χ1) is 11.1. The van der Waals surface area contributed by atoms with E-state index in [1.165, 1.54) is 16.5 Å². The summed E-state index contributed by atoms with van der Waals surface area (Å²) in [5, 5.41) is 1.23. The lowest BCUT2D eigenvalue weighted by Gasteiger charge is -2.14. The van der Waals surface area contributed by atoms with E-state index in [0.717, 1.165) is 17.7 Å². The fraction of sp³-hybridized carbons (Fsp3) is 0.316. The Balaban J connectivity index is 1.61. The number of rotatable bonds is 6. The van der Waals surface area contributed by atoms with E-state index in [1.54, 1.807) is 6.20 Å². The van der Waals surface area contributed by atoms with Gasteiger partial charge in [0.05, 0.1) is 6.20 Å². The van der Waals surface area contributed by atoms with Crippen molar-refractivity contribution >= 4 is 10.9 Å². The van der Waals surface area contributed by atoms with E-state index in [9.17, 15) is 0 Å². The lowest BCUT2D eigenvalue weighted by atomic mass is 10.1. The van der Waals surface area contributed by atoms with Gasteiger partial charge in [-0.2, -0.15) is 0 Å². The topological polar surface area (TPSA) is 63.9 Å². The molecule has 0 saturated heterocycles. The highest BCUT2D eigenvalue weighted by Gasteiger charge is 2.10. The molecule has 0 saturated carbocycles. The van der Waals surface area contributed by atoms with Crippen molar-refractivity contribution in [2.45, 2.75) is 32.2 Å². The monoisotopic (exact) mass is 309 g/mol. The van der Waals surface area contributed by atoms with E-state index in [2.05, 4.69) is 35.9 Å². The van der Waals surface area contributed by atoms with E-state index in [-0.39, 0.29) is 6.04 Å². The van der Waals surface area contributed by atoms with Crippen LogP contribution in [0.15, 0.2) is 48.9 Å². The summed E-state index contributed by atoms with van der Waals surface area (Å²) in [6, 6.07) is 10.2. The number of aromatic nitrogens is 2. The maximum Gasteiger partial charge on any atom is 0.137 e. The largest absolute Gasteiger partial charge is 0.490 e. The lowest BCUT2D eigenvalue weighted by molar-refractivity contribution is 0.286. The van der Waals surface area contributed by atoms with Gasteiger partial charge in [0.25, 0.3) is 0 Å². The number of nitrogens with one attached hydrogen (secondary N) is 1. The van der Waals surface area contributed by atoms with Crippen molar-refractivity contribution in [2.24, 2.45) is 5.73 Å². The fourth-order valence-corrected chi connectivity index (χ4v) is 2.68. The number of aromatic amines is 1. The first-order valence-corrected chi connectivity index (χ1v) is 8.02. The van der Waals surface area contributed by atoms with Gasteiger partial charge in [-0.25, -0.2) is 0 Å². The molecule has 3 aromatic rings. The molecule has 4 heteroatoms. The Bertz CT molecular complexity index is 779. The summed E-state index contributed by atoms with van der Waals surface area (Å²) in [5.74, 6) is 1.22. The van der Waals surface area contributed by atoms with Gasteiger partial charge in [-0.1, -0.05) is 32.0 Å². The molecule has 1 atom stereocenters. The molecule has 2 heterocycles. The smallest absolute Gasteiger partial charge is 0.137 e. The highest BCUT2D eigenvalue weighted by atomic mass is 16.5. The van der Waals surface area contributed by atoms with Crippen LogP contribution in [0.3, 0.4) is 0 Å². The summed E-state index contributed by atoms with van der Waals surface area (Å²) in [7, 11) is 0. The third-order valence-electron chi connectivity index (χ3n) is 4.02. The summed E-state index contributed by atoms with van der Waals surface area (Å²) in [4.78, 5) is 7.51. The molecule has 0 spiro atoms. The zero-order chi connectivity index (χ0) is 16.2. The van der Waals surface area contributed by atoms with E-state index < -0.39 is 0 Å². The van der Waals surface area contributed by atoms with Crippen LogP contribution in [-0.2, 0) is 6.42 Å². The van der Waals surface area contributed by atoms with Crippen molar-refractivity contribution in [3.8, 4) is 5.75 Å². The predicted molar refractivity (Wildman–Crippen MR) is 93.8 cm³/mol. The third kappa shape index (κ3) is 3.71. The van der Waals surface area contributed by atoms with Crippen molar-refractivity contribution in [3.63, 3.8) is 0 Å². The van der Waals surface area contributed by atoms with Gasteiger partial charge in [0.1, 0.15) is 12.4 Å². The Hall–Kier alpha value is -2.33. The minimum absolute atomic E-state index is 0.0584. The number of ether oxygens (including phenoxy) is 1. The standard InChI is InChI=1S/C19H23N3O/c1-13(2)14-8-17(11-21-9-14)23-12-16(20)7-15-10-22-19-6-4-3-5-18(15)19/h3-6,8-11,13,16,22H,7,12,20H2,1-2H3/t16-/m0/s1. The van der Waals surface area contributed by atoms with E-state index in [0.29, 0.717) is 12.5 Å². The number of nitrogens with zero attached hydrogens (tertiary/aromatic N) is 1. The molecule has 1 aromatic carbocycles. The number of benzene rings is 1. The Morgan fingerprint density at radius 3 is 2.87 bits per heavy atom. The molecule has 0 amide bonds. The molecule has 0 unspecified atom stereocenters. The second-order valence-electron chi connectivity index (χ2n) is 6.24. The number of nitrogens with two attached hydrogens (primary N) is 1. The molecule has 3 N–H and O–H groups in total. The van der Waals surface area contributed by atoms with Crippen molar-refractivity contribution in [1.82, 2.24) is 9.97 Å². The summed E-state index contributed by atoms with van der Waals surface area (Å²) < 4.78 is 5.82. The van der Waals surface area contributed by atoms with Crippen LogP contribution in [0.1, 0.15) is 30.9 Å². The van der Waals surface area contributed by atoms with Crippen LogP contribution >= 0.6 is 0 Å². The normalized spacial score (nSPS) is 12.7. The fourth-order valence-electron chi connectivity index (χ4n) is 2.68. The summed E-state index contributed by atoms with van der Waals surface area (Å²) in [6.45, 7) is 4.76. The second-order valence-corrected chi connectivity index (χ2v) is 6.24. The van der Waals surface area contributed by atoms with Crippen LogP contribution in [-0.4, -0.2) is 22.6 Å². The molecule has 0 fully saturated rings. The molecular formula is C19H23N3O. The van der Waals surface area contributed by atoms with Crippen molar-refractivity contribution in [2.75, 3.05) is 6.61 Å². The molecular weight excluding hydrogens is 286 g/mol. The number of hydrogen-bond donors (Lipinski definition) is 2. The molecule has 120 valence electrons. The van der Waals surface area contributed by atoms with Gasteiger partial charge in [0.15, 0.2) is 0 Å². The van der Waals surface area contributed by atoms with Gasteiger partial charge in [0, 0.05) is 29.3 Å². The highest BCUT2D eigenvalue weighted by Crippen LogP contribution is 2.20. The second kappa shape index (κ2) is 6.84. The maximum atomic E-state index is 6.24.